The van der Waals surface area contributed by atoms with E-state index in [1.807, 2.05) is 24.3 Å². The van der Waals surface area contributed by atoms with Crippen LogP contribution in [0.4, 0.5) is 0 Å². The van der Waals surface area contributed by atoms with E-state index in [4.69, 9.17) is 16.7 Å². The van der Waals surface area contributed by atoms with Crippen LogP contribution in [0.3, 0.4) is 0 Å². The number of thioether (sulfide) groups is 1. The van der Waals surface area contributed by atoms with Crippen LogP contribution in [0.2, 0.25) is 5.02 Å². The number of carboxylic acids is 1. The third-order valence-electron chi connectivity index (χ3n) is 2.53. The fraction of sp³-hybridized carbons (Fsp3) is 0.417. The number of carboxylic acid groups (broad SMARTS) is 1. The van der Waals surface area contributed by atoms with E-state index in [2.05, 4.69) is 5.32 Å². The highest BCUT2D eigenvalue weighted by Gasteiger charge is 2.28. The van der Waals surface area contributed by atoms with Crippen molar-refractivity contribution in [2.75, 3.05) is 5.75 Å². The van der Waals surface area contributed by atoms with Gasteiger partial charge in [-0.05, 0) is 31.0 Å². The van der Waals surface area contributed by atoms with Crippen molar-refractivity contribution in [3.05, 3.63) is 29.3 Å². The highest BCUT2D eigenvalue weighted by molar-refractivity contribution is 7.99. The molecule has 1 aromatic carbocycles. The summed E-state index contributed by atoms with van der Waals surface area (Å²) in [7, 11) is 0. The minimum absolute atomic E-state index is 0.399. The number of hydrogen-bond acceptors (Lipinski definition) is 3. The van der Waals surface area contributed by atoms with Crippen molar-refractivity contribution in [3.8, 4) is 0 Å². The molecule has 17 heavy (non-hydrogen) atoms. The molecule has 0 amide bonds. The van der Waals surface area contributed by atoms with E-state index >= 15 is 0 Å². The summed E-state index contributed by atoms with van der Waals surface area (Å²) in [6, 6.07) is 7.38. The average molecular weight is 272 g/mol. The van der Waals surface area contributed by atoms with Gasteiger partial charge >= 0.3 is 5.97 Å². The lowest BCUT2D eigenvalue weighted by Crippen LogP contribution is -2.40. The largest absolute Gasteiger partial charge is 0.480 e. The molecule has 1 aliphatic carbocycles. The maximum Gasteiger partial charge on any atom is 0.321 e. The highest BCUT2D eigenvalue weighted by atomic mass is 35.5. The molecule has 0 saturated heterocycles. The monoisotopic (exact) mass is 271 g/mol. The van der Waals surface area contributed by atoms with Crippen LogP contribution in [-0.2, 0) is 4.79 Å². The Morgan fingerprint density at radius 1 is 1.59 bits per heavy atom. The van der Waals surface area contributed by atoms with Crippen molar-refractivity contribution in [2.24, 2.45) is 0 Å². The molecule has 1 aromatic rings. The summed E-state index contributed by atoms with van der Waals surface area (Å²) in [5.74, 6) is -0.266. The Kier molecular flexibility index (Phi) is 4.31. The van der Waals surface area contributed by atoms with E-state index in [0.717, 1.165) is 17.7 Å². The molecule has 0 spiro atoms. The smallest absolute Gasteiger partial charge is 0.321 e. The normalized spacial score (nSPS) is 16.8. The number of benzene rings is 1. The van der Waals surface area contributed by atoms with Crippen molar-refractivity contribution in [2.45, 2.75) is 29.8 Å². The summed E-state index contributed by atoms with van der Waals surface area (Å²) >= 11 is 7.38. The summed E-state index contributed by atoms with van der Waals surface area (Å²) in [4.78, 5) is 12.1. The Morgan fingerprint density at radius 3 is 2.94 bits per heavy atom. The van der Waals surface area contributed by atoms with Gasteiger partial charge in [-0.1, -0.05) is 17.7 Å². The molecule has 0 aliphatic heterocycles. The van der Waals surface area contributed by atoms with E-state index < -0.39 is 12.0 Å². The molecule has 1 fully saturated rings. The molecule has 2 N–H and O–H groups in total. The number of rotatable bonds is 6. The van der Waals surface area contributed by atoms with Crippen molar-refractivity contribution in [1.29, 1.82) is 0 Å². The SMILES string of the molecule is O=C(O)C(CSc1cccc(Cl)c1)NC1CC1. The van der Waals surface area contributed by atoms with Crippen LogP contribution in [-0.4, -0.2) is 28.9 Å². The van der Waals surface area contributed by atoms with E-state index in [1.54, 1.807) is 0 Å². The van der Waals surface area contributed by atoms with Crippen molar-refractivity contribution in [1.82, 2.24) is 5.32 Å². The molecule has 1 aliphatic rings. The second kappa shape index (κ2) is 5.76. The summed E-state index contributed by atoms with van der Waals surface area (Å²) < 4.78 is 0. The second-order valence-electron chi connectivity index (χ2n) is 4.10. The zero-order valence-electron chi connectivity index (χ0n) is 9.23. The average Bonchev–Trinajstić information content (AvgIpc) is 3.07. The molecule has 1 atom stereocenters. The Hall–Kier alpha value is -0.710. The highest BCUT2D eigenvalue weighted by Crippen LogP contribution is 2.24. The predicted octanol–water partition coefficient (Wildman–Crippen LogP) is 2.64. The Balaban J connectivity index is 1.87. The van der Waals surface area contributed by atoms with Gasteiger partial charge in [0, 0.05) is 21.7 Å². The van der Waals surface area contributed by atoms with Gasteiger partial charge in [0.05, 0.1) is 0 Å². The quantitative estimate of drug-likeness (QED) is 0.781. The molecular formula is C12H14ClNO2S. The summed E-state index contributed by atoms with van der Waals surface area (Å²) in [5, 5.41) is 12.9. The maximum atomic E-state index is 11.0. The lowest BCUT2D eigenvalue weighted by Gasteiger charge is -2.13. The van der Waals surface area contributed by atoms with Crippen molar-refractivity contribution < 1.29 is 9.90 Å². The van der Waals surface area contributed by atoms with Crippen LogP contribution in [0.25, 0.3) is 0 Å². The van der Waals surface area contributed by atoms with E-state index in [9.17, 15) is 4.79 Å². The van der Waals surface area contributed by atoms with Crippen molar-refractivity contribution in [3.63, 3.8) is 0 Å². The first-order valence-corrected chi connectivity index (χ1v) is 6.89. The van der Waals surface area contributed by atoms with Gasteiger partial charge in [0.15, 0.2) is 0 Å². The third kappa shape index (κ3) is 4.22. The lowest BCUT2D eigenvalue weighted by atomic mass is 10.3. The van der Waals surface area contributed by atoms with Crippen LogP contribution < -0.4 is 5.32 Å². The number of nitrogens with one attached hydrogen (secondary N) is 1. The molecule has 3 nitrogen and oxygen atoms in total. The first kappa shape index (κ1) is 12.7. The van der Waals surface area contributed by atoms with Crippen LogP contribution in [0, 0.1) is 0 Å². The molecule has 5 heteroatoms. The summed E-state index contributed by atoms with van der Waals surface area (Å²) in [5.41, 5.74) is 0. The van der Waals surface area contributed by atoms with Gasteiger partial charge in [-0.25, -0.2) is 0 Å². The standard InChI is InChI=1S/C12H14ClNO2S/c13-8-2-1-3-10(6-8)17-7-11(12(15)16)14-9-4-5-9/h1-3,6,9,11,14H,4-5,7H2,(H,15,16). The molecule has 2 rings (SSSR count). The molecular weight excluding hydrogens is 258 g/mol. The molecule has 1 saturated carbocycles. The molecule has 0 aromatic heterocycles. The number of hydrogen-bond donors (Lipinski definition) is 2. The van der Waals surface area contributed by atoms with Crippen molar-refractivity contribution >= 4 is 29.3 Å². The Bertz CT molecular complexity index is 409. The van der Waals surface area contributed by atoms with Crippen LogP contribution in [0.15, 0.2) is 29.2 Å². The summed E-state index contributed by atoms with van der Waals surface area (Å²) in [6.07, 6.45) is 2.18. The van der Waals surface area contributed by atoms with E-state index in [-0.39, 0.29) is 0 Å². The number of halogens is 1. The molecule has 1 unspecified atom stereocenters. The molecule has 0 heterocycles. The topological polar surface area (TPSA) is 49.3 Å². The maximum absolute atomic E-state index is 11.0. The second-order valence-corrected chi connectivity index (χ2v) is 5.63. The first-order valence-electron chi connectivity index (χ1n) is 5.52. The molecule has 0 bridgehead atoms. The van der Waals surface area contributed by atoms with E-state index in [1.165, 1.54) is 11.8 Å². The minimum Gasteiger partial charge on any atom is -0.480 e. The van der Waals surface area contributed by atoms with Gasteiger partial charge in [-0.3, -0.25) is 4.79 Å². The van der Waals surface area contributed by atoms with Gasteiger partial charge in [0.2, 0.25) is 0 Å². The van der Waals surface area contributed by atoms with Crippen LogP contribution in [0.5, 0.6) is 0 Å². The van der Waals surface area contributed by atoms with Gasteiger partial charge in [0.1, 0.15) is 6.04 Å². The minimum atomic E-state index is -0.786. The van der Waals surface area contributed by atoms with Gasteiger partial charge in [-0.2, -0.15) is 0 Å². The number of carbonyl (C=O) groups is 1. The third-order valence-corrected chi connectivity index (χ3v) is 3.85. The lowest BCUT2D eigenvalue weighted by molar-refractivity contribution is -0.138. The van der Waals surface area contributed by atoms with E-state index in [0.29, 0.717) is 16.8 Å². The number of aliphatic carboxylic acids is 1. The molecule has 0 radical (unpaired) electrons. The van der Waals surface area contributed by atoms with Gasteiger partial charge in [0.25, 0.3) is 0 Å². The fourth-order valence-electron chi connectivity index (χ4n) is 1.46. The van der Waals surface area contributed by atoms with Crippen LogP contribution >= 0.6 is 23.4 Å². The zero-order chi connectivity index (χ0) is 12.3. The summed E-state index contributed by atoms with van der Waals surface area (Å²) in [6.45, 7) is 0. The first-order chi connectivity index (χ1) is 8.15. The fourth-order valence-corrected chi connectivity index (χ4v) is 2.70. The Labute approximate surface area is 110 Å². The van der Waals surface area contributed by atoms with Crippen LogP contribution in [0.1, 0.15) is 12.8 Å². The van der Waals surface area contributed by atoms with Gasteiger partial charge in [-0.15, -0.1) is 11.8 Å². The Morgan fingerprint density at radius 2 is 2.35 bits per heavy atom. The van der Waals surface area contributed by atoms with Gasteiger partial charge < -0.3 is 10.4 Å². The zero-order valence-corrected chi connectivity index (χ0v) is 10.8. The molecule has 92 valence electrons. The predicted molar refractivity (Wildman–Crippen MR) is 69.8 cm³/mol.